The fourth-order valence-corrected chi connectivity index (χ4v) is 1.56. The maximum Gasteiger partial charge on any atom is 0.425 e. The fourth-order valence-electron chi connectivity index (χ4n) is 0.749. The van der Waals surface area contributed by atoms with E-state index in [-0.39, 0.29) is 0 Å². The van der Waals surface area contributed by atoms with Gasteiger partial charge < -0.3 is 0 Å². The van der Waals surface area contributed by atoms with Crippen LogP contribution in [0.15, 0.2) is 17.5 Å². The van der Waals surface area contributed by atoms with Crippen LogP contribution < -0.4 is 0 Å². The Morgan fingerprint density at radius 3 is 2.57 bits per heavy atom. The van der Waals surface area contributed by atoms with Gasteiger partial charge in [0.15, 0.2) is 0 Å². The lowest BCUT2D eigenvalue weighted by Crippen LogP contribution is -2.00. The van der Waals surface area contributed by atoms with E-state index in [0.29, 0.717) is 16.9 Å². The Hall–Kier alpha value is -0.810. The quantitative estimate of drug-likeness (QED) is 0.571. The van der Waals surface area contributed by atoms with Gasteiger partial charge in [-0.2, -0.15) is 13.2 Å². The van der Waals surface area contributed by atoms with Gasteiger partial charge >= 0.3 is 6.18 Å². The second-order valence-electron chi connectivity index (χ2n) is 2.38. The zero-order valence-electron chi connectivity index (χ0n) is 6.64. The lowest BCUT2D eigenvalue weighted by atomic mass is 10.3. The zero-order chi connectivity index (χ0) is 10.8. The fraction of sp³-hybridized carbons (Fsp3) is 0.125. The van der Waals surface area contributed by atoms with Crippen molar-refractivity contribution in [3.05, 3.63) is 28.0 Å². The topological polar surface area (TPSA) is 17.1 Å². The Kier molecular flexibility index (Phi) is 3.34. The summed E-state index contributed by atoms with van der Waals surface area (Å²) in [5.41, 5.74) is 0.316. The molecule has 0 aromatic carbocycles. The smallest absolute Gasteiger partial charge is 0.276 e. The van der Waals surface area contributed by atoms with Gasteiger partial charge in [0.25, 0.3) is 0 Å². The number of carbonyl (C=O) groups is 1. The maximum atomic E-state index is 12.1. The van der Waals surface area contributed by atoms with Gasteiger partial charge in [-0.15, -0.1) is 11.3 Å². The molecule has 0 aliphatic heterocycles. The molecule has 6 heteroatoms. The van der Waals surface area contributed by atoms with E-state index in [9.17, 15) is 18.0 Å². The van der Waals surface area contributed by atoms with Crippen molar-refractivity contribution in [2.24, 2.45) is 0 Å². The first-order chi connectivity index (χ1) is 6.39. The minimum atomic E-state index is -4.33. The predicted molar refractivity (Wildman–Crippen MR) is 49.2 cm³/mol. The molecule has 0 saturated carbocycles. The van der Waals surface area contributed by atoms with Crippen molar-refractivity contribution in [1.29, 1.82) is 0 Å². The summed E-state index contributed by atoms with van der Waals surface area (Å²) in [6.07, 6.45) is -2.09. The van der Waals surface area contributed by atoms with Crippen LogP contribution in [-0.2, 0) is 11.0 Å². The van der Waals surface area contributed by atoms with Crippen LogP contribution in [0.4, 0.5) is 13.2 Å². The number of allylic oxidation sites excluding steroid dienone is 1. The lowest BCUT2D eigenvalue weighted by molar-refractivity contribution is -0.134. The molecule has 1 aromatic heterocycles. The van der Waals surface area contributed by atoms with Gasteiger partial charge in [-0.3, -0.25) is 4.79 Å². The first kappa shape index (κ1) is 11.3. The van der Waals surface area contributed by atoms with Gasteiger partial charge in [-0.05, 0) is 40.8 Å². The second kappa shape index (κ2) is 4.14. The molecule has 76 valence electrons. The number of rotatable bonds is 2. The number of hydrogen-bond acceptors (Lipinski definition) is 2. The molecule has 1 nitrogen and oxygen atoms in total. The highest BCUT2D eigenvalue weighted by Crippen LogP contribution is 2.34. The number of halogens is 4. The first-order valence-corrected chi connectivity index (χ1v) is 4.68. The molecular formula is C8H4ClF3OS. The van der Waals surface area contributed by atoms with Crippen LogP contribution >= 0.6 is 22.9 Å². The van der Waals surface area contributed by atoms with Crippen molar-refractivity contribution in [1.82, 2.24) is 0 Å². The molecule has 1 heterocycles. The van der Waals surface area contributed by atoms with Gasteiger partial charge in [0, 0.05) is 0 Å². The molecule has 0 radical (unpaired) electrons. The van der Waals surface area contributed by atoms with Crippen molar-refractivity contribution in [2.75, 3.05) is 0 Å². The van der Waals surface area contributed by atoms with Crippen LogP contribution in [0.2, 0.25) is 0 Å². The molecule has 0 saturated heterocycles. The SMILES string of the molecule is O=C(Cl)C=Cc1csc(C(F)(F)F)c1. The summed E-state index contributed by atoms with van der Waals surface area (Å²) >= 11 is 5.56. The van der Waals surface area contributed by atoms with Crippen molar-refractivity contribution in [3.63, 3.8) is 0 Å². The molecule has 1 aromatic rings. The predicted octanol–water partition coefficient (Wildman–Crippen LogP) is 3.55. The number of thiophene rings is 1. The third-order valence-corrected chi connectivity index (χ3v) is 2.43. The standard InChI is InChI=1S/C8H4ClF3OS/c9-7(13)2-1-5-3-6(14-4-5)8(10,11)12/h1-4H. The van der Waals surface area contributed by atoms with E-state index in [1.165, 1.54) is 11.5 Å². The van der Waals surface area contributed by atoms with Crippen LogP contribution in [0, 0.1) is 0 Å². The van der Waals surface area contributed by atoms with Crippen molar-refractivity contribution in [3.8, 4) is 0 Å². The molecule has 14 heavy (non-hydrogen) atoms. The van der Waals surface area contributed by atoms with Crippen LogP contribution in [-0.4, -0.2) is 5.24 Å². The second-order valence-corrected chi connectivity index (χ2v) is 3.66. The summed E-state index contributed by atoms with van der Waals surface area (Å²) in [4.78, 5) is 9.59. The molecule has 0 spiro atoms. The van der Waals surface area contributed by atoms with E-state index >= 15 is 0 Å². The van der Waals surface area contributed by atoms with Gasteiger partial charge in [-0.25, -0.2) is 0 Å². The molecule has 0 fully saturated rings. The van der Waals surface area contributed by atoms with Crippen molar-refractivity contribution >= 4 is 34.3 Å². The summed E-state index contributed by atoms with van der Waals surface area (Å²) in [5, 5.41) is 0.587. The average molecular weight is 241 g/mol. The Balaban J connectivity index is 2.84. The Bertz CT molecular complexity index is 367. The van der Waals surface area contributed by atoms with Crippen molar-refractivity contribution < 1.29 is 18.0 Å². The Labute approximate surface area is 86.8 Å². The Morgan fingerprint density at radius 2 is 2.14 bits per heavy atom. The average Bonchev–Trinajstić information content (AvgIpc) is 2.47. The molecule has 1 rings (SSSR count). The summed E-state index contributed by atoms with van der Waals surface area (Å²) in [6.45, 7) is 0. The summed E-state index contributed by atoms with van der Waals surface area (Å²) in [5.74, 6) is 0. The first-order valence-electron chi connectivity index (χ1n) is 3.43. The van der Waals surface area contributed by atoms with Gasteiger partial charge in [-0.1, -0.05) is 0 Å². The van der Waals surface area contributed by atoms with E-state index in [4.69, 9.17) is 11.6 Å². The van der Waals surface area contributed by atoms with E-state index in [1.54, 1.807) is 0 Å². The minimum absolute atomic E-state index is 0.316. The minimum Gasteiger partial charge on any atom is -0.276 e. The summed E-state index contributed by atoms with van der Waals surface area (Å²) in [7, 11) is 0. The zero-order valence-corrected chi connectivity index (χ0v) is 8.21. The molecule has 0 atom stereocenters. The van der Waals surface area contributed by atoms with Crippen LogP contribution in [0.25, 0.3) is 6.08 Å². The van der Waals surface area contributed by atoms with Gasteiger partial charge in [0.1, 0.15) is 4.88 Å². The van der Waals surface area contributed by atoms with Crippen molar-refractivity contribution in [2.45, 2.75) is 6.18 Å². The molecule has 0 unspecified atom stereocenters. The number of carbonyl (C=O) groups excluding carboxylic acids is 1. The number of hydrogen-bond donors (Lipinski definition) is 0. The molecule has 0 aliphatic carbocycles. The molecule has 0 aliphatic rings. The largest absolute Gasteiger partial charge is 0.425 e. The molecule has 0 bridgehead atoms. The maximum absolute atomic E-state index is 12.1. The molecule has 0 amide bonds. The highest BCUT2D eigenvalue weighted by Gasteiger charge is 2.32. The molecular weight excluding hydrogens is 237 g/mol. The Morgan fingerprint density at radius 1 is 1.50 bits per heavy atom. The number of alkyl halides is 3. The van der Waals surface area contributed by atoms with Crippen LogP contribution in [0.1, 0.15) is 10.4 Å². The highest BCUT2D eigenvalue weighted by atomic mass is 35.5. The van der Waals surface area contributed by atoms with Gasteiger partial charge in [0.05, 0.1) is 0 Å². The van der Waals surface area contributed by atoms with E-state index < -0.39 is 16.3 Å². The third kappa shape index (κ3) is 3.16. The van der Waals surface area contributed by atoms with Crippen LogP contribution in [0.3, 0.4) is 0 Å². The van der Waals surface area contributed by atoms with E-state index in [1.807, 2.05) is 0 Å². The highest BCUT2D eigenvalue weighted by molar-refractivity contribution is 7.10. The van der Waals surface area contributed by atoms with Gasteiger partial charge in [0.2, 0.25) is 5.24 Å². The van der Waals surface area contributed by atoms with Crippen LogP contribution in [0.5, 0.6) is 0 Å². The monoisotopic (exact) mass is 240 g/mol. The molecule has 0 N–H and O–H groups in total. The van der Waals surface area contributed by atoms with E-state index in [0.717, 1.165) is 12.1 Å². The summed E-state index contributed by atoms with van der Waals surface area (Å²) < 4.78 is 36.3. The van der Waals surface area contributed by atoms with E-state index in [2.05, 4.69) is 0 Å². The third-order valence-electron chi connectivity index (χ3n) is 1.31. The lowest BCUT2D eigenvalue weighted by Gasteiger charge is -1.99. The normalized spacial score (nSPS) is 12.3. The summed E-state index contributed by atoms with van der Waals surface area (Å²) in [6, 6.07) is 0.959.